The van der Waals surface area contributed by atoms with Crippen molar-refractivity contribution < 1.29 is 9.59 Å². The van der Waals surface area contributed by atoms with E-state index in [1.807, 2.05) is 24.3 Å². The summed E-state index contributed by atoms with van der Waals surface area (Å²) in [5.74, 6) is -0.425. The summed E-state index contributed by atoms with van der Waals surface area (Å²) in [7, 11) is 0. The number of fused-ring (bicyclic) bond motifs is 1. The lowest BCUT2D eigenvalue weighted by Crippen LogP contribution is -2.54. The molecule has 0 radical (unpaired) electrons. The molecule has 1 saturated carbocycles. The first kappa shape index (κ1) is 20.2. The minimum absolute atomic E-state index is 0.281. The zero-order valence-corrected chi connectivity index (χ0v) is 17.3. The average molecular weight is 426 g/mol. The summed E-state index contributed by atoms with van der Waals surface area (Å²) in [6, 6.07) is 10.6. The third-order valence-electron chi connectivity index (χ3n) is 5.81. The quantitative estimate of drug-likeness (QED) is 0.596. The predicted octanol–water partition coefficient (Wildman–Crippen LogP) is 3.68. The molecule has 1 fully saturated rings. The molecule has 2 aliphatic rings. The molecule has 30 heavy (non-hydrogen) atoms. The number of halogens is 1. The molecular formula is C22H24ClN5O2. The summed E-state index contributed by atoms with van der Waals surface area (Å²) in [4.78, 5) is 28.9. The number of amidine groups is 1. The molecule has 1 heterocycles. The number of aliphatic imine (C=N–C) groups is 1. The van der Waals surface area contributed by atoms with Gasteiger partial charge in [-0.1, -0.05) is 43.0 Å². The molecule has 1 spiro atoms. The van der Waals surface area contributed by atoms with E-state index in [9.17, 15) is 9.59 Å². The Morgan fingerprint density at radius 3 is 2.30 bits per heavy atom. The standard InChI is InChI=1S/C22H24ClN5O2/c23-14-6-4-5-13(11-14)12-26-21-22(9-2-1-3-10-22)28-18-16(20(25)30)8-7-15(19(24)29)17(18)27-21/h4-8,11,28H,1-3,9-10,12H2,(H2,24,29)(H2,25,30)(H,26,27). The van der Waals surface area contributed by atoms with Gasteiger partial charge in [0, 0.05) is 5.02 Å². The number of primary amides is 2. The molecule has 0 bridgehead atoms. The summed E-state index contributed by atoms with van der Waals surface area (Å²) in [6.07, 6.45) is 4.91. The molecule has 2 aromatic rings. The van der Waals surface area contributed by atoms with Gasteiger partial charge in [0.05, 0.1) is 34.6 Å². The van der Waals surface area contributed by atoms with E-state index in [1.54, 1.807) is 6.07 Å². The first-order valence-corrected chi connectivity index (χ1v) is 10.4. The van der Waals surface area contributed by atoms with Crippen LogP contribution < -0.4 is 22.1 Å². The second kappa shape index (κ2) is 7.99. The summed E-state index contributed by atoms with van der Waals surface area (Å²) in [5.41, 5.74) is 13.3. The Labute approximate surface area is 179 Å². The van der Waals surface area contributed by atoms with Crippen molar-refractivity contribution in [2.75, 3.05) is 10.6 Å². The molecule has 0 atom stereocenters. The highest BCUT2D eigenvalue weighted by Crippen LogP contribution is 2.42. The fraction of sp³-hybridized carbons (Fsp3) is 0.318. The van der Waals surface area contributed by atoms with Gasteiger partial charge in [0.15, 0.2) is 0 Å². The molecule has 7 nitrogen and oxygen atoms in total. The van der Waals surface area contributed by atoms with E-state index >= 15 is 0 Å². The zero-order valence-electron chi connectivity index (χ0n) is 16.5. The lowest BCUT2D eigenvalue weighted by Gasteiger charge is -2.44. The smallest absolute Gasteiger partial charge is 0.250 e. The molecule has 8 heteroatoms. The van der Waals surface area contributed by atoms with E-state index in [-0.39, 0.29) is 5.56 Å². The Hall–Kier alpha value is -3.06. The Balaban J connectivity index is 1.81. The van der Waals surface area contributed by atoms with Crippen molar-refractivity contribution in [3.05, 3.63) is 58.1 Å². The Kier molecular flexibility index (Phi) is 5.39. The number of carbonyl (C=O) groups is 2. The topological polar surface area (TPSA) is 123 Å². The molecule has 0 aromatic heterocycles. The minimum atomic E-state index is -0.592. The van der Waals surface area contributed by atoms with Crippen LogP contribution in [0, 0.1) is 0 Å². The van der Waals surface area contributed by atoms with Crippen molar-refractivity contribution in [1.82, 2.24) is 0 Å². The molecule has 4 rings (SSSR count). The van der Waals surface area contributed by atoms with E-state index in [0.717, 1.165) is 43.5 Å². The van der Waals surface area contributed by atoms with Crippen molar-refractivity contribution in [2.24, 2.45) is 16.5 Å². The summed E-state index contributed by atoms with van der Waals surface area (Å²) >= 11 is 6.11. The maximum atomic E-state index is 12.0. The Bertz CT molecular complexity index is 1040. The second-order valence-corrected chi connectivity index (χ2v) is 8.26. The van der Waals surface area contributed by atoms with Crippen LogP contribution in [-0.4, -0.2) is 23.2 Å². The SMILES string of the molecule is NC(=O)c1ccc(C(N)=O)c2c1NC(=NCc1cccc(Cl)c1)C1(CCCCC1)N2. The zero-order chi connectivity index (χ0) is 21.3. The monoisotopic (exact) mass is 425 g/mol. The van der Waals surface area contributed by atoms with Crippen molar-refractivity contribution in [2.45, 2.75) is 44.2 Å². The number of hydrogen-bond acceptors (Lipinski definition) is 4. The largest absolute Gasteiger partial charge is 0.370 e. The summed E-state index contributed by atoms with van der Waals surface area (Å²) in [5, 5.41) is 7.52. The number of benzene rings is 2. The highest BCUT2D eigenvalue weighted by Gasteiger charge is 2.42. The maximum absolute atomic E-state index is 12.0. The Morgan fingerprint density at radius 2 is 1.67 bits per heavy atom. The number of anilines is 2. The van der Waals surface area contributed by atoms with Gasteiger partial charge in [-0.2, -0.15) is 0 Å². The summed E-state index contributed by atoms with van der Waals surface area (Å²) < 4.78 is 0. The maximum Gasteiger partial charge on any atom is 0.250 e. The van der Waals surface area contributed by atoms with Gasteiger partial charge in [0.1, 0.15) is 5.84 Å². The van der Waals surface area contributed by atoms with Crippen LogP contribution in [0.2, 0.25) is 5.02 Å². The molecule has 0 saturated heterocycles. The molecule has 0 unspecified atom stereocenters. The van der Waals surface area contributed by atoms with Gasteiger partial charge in [0.25, 0.3) is 11.8 Å². The van der Waals surface area contributed by atoms with Gasteiger partial charge in [-0.25, -0.2) is 0 Å². The number of nitrogens with one attached hydrogen (secondary N) is 2. The van der Waals surface area contributed by atoms with Crippen molar-refractivity contribution in [3.63, 3.8) is 0 Å². The van der Waals surface area contributed by atoms with Crippen molar-refractivity contribution in [1.29, 1.82) is 0 Å². The van der Waals surface area contributed by atoms with E-state index in [1.165, 1.54) is 6.07 Å². The van der Waals surface area contributed by atoms with E-state index in [4.69, 9.17) is 28.1 Å². The number of amides is 2. The predicted molar refractivity (Wildman–Crippen MR) is 119 cm³/mol. The van der Waals surface area contributed by atoms with Crippen LogP contribution in [0.15, 0.2) is 41.4 Å². The van der Waals surface area contributed by atoms with Crippen LogP contribution in [-0.2, 0) is 6.54 Å². The van der Waals surface area contributed by atoms with Crippen molar-refractivity contribution in [3.8, 4) is 0 Å². The van der Waals surface area contributed by atoms with Gasteiger partial charge < -0.3 is 22.1 Å². The molecular weight excluding hydrogens is 402 g/mol. The first-order valence-electron chi connectivity index (χ1n) is 10.0. The first-order chi connectivity index (χ1) is 14.4. The highest BCUT2D eigenvalue weighted by atomic mass is 35.5. The third kappa shape index (κ3) is 3.73. The average Bonchev–Trinajstić information content (AvgIpc) is 2.72. The van der Waals surface area contributed by atoms with E-state index in [0.29, 0.717) is 28.5 Å². The number of carbonyl (C=O) groups excluding carboxylic acids is 2. The van der Waals surface area contributed by atoms with Crippen LogP contribution in [0.1, 0.15) is 58.4 Å². The lowest BCUT2D eigenvalue weighted by molar-refractivity contribution is 0.0989. The molecule has 2 aromatic carbocycles. The molecule has 2 amide bonds. The fourth-order valence-electron chi connectivity index (χ4n) is 4.32. The fourth-order valence-corrected chi connectivity index (χ4v) is 4.54. The number of nitrogens with zero attached hydrogens (tertiary/aromatic N) is 1. The van der Waals surface area contributed by atoms with E-state index in [2.05, 4.69) is 10.6 Å². The van der Waals surface area contributed by atoms with Gasteiger partial charge in [0.2, 0.25) is 0 Å². The van der Waals surface area contributed by atoms with Gasteiger partial charge in [-0.05, 0) is 42.7 Å². The number of rotatable bonds is 4. The number of hydrogen-bond donors (Lipinski definition) is 4. The van der Waals surface area contributed by atoms with Crippen molar-refractivity contribution >= 4 is 40.6 Å². The lowest BCUT2D eigenvalue weighted by atomic mass is 9.78. The highest BCUT2D eigenvalue weighted by molar-refractivity contribution is 6.30. The van der Waals surface area contributed by atoms with Crippen LogP contribution in [0.25, 0.3) is 0 Å². The minimum Gasteiger partial charge on any atom is -0.370 e. The van der Waals surface area contributed by atoms with Gasteiger partial charge >= 0.3 is 0 Å². The van der Waals surface area contributed by atoms with E-state index < -0.39 is 17.4 Å². The molecule has 1 aliphatic heterocycles. The Morgan fingerprint density at radius 1 is 1.00 bits per heavy atom. The summed E-state index contributed by atoms with van der Waals surface area (Å²) in [6.45, 7) is 0.434. The molecule has 6 N–H and O–H groups in total. The molecule has 1 aliphatic carbocycles. The van der Waals surface area contributed by atoms with Crippen LogP contribution >= 0.6 is 11.6 Å². The van der Waals surface area contributed by atoms with Crippen LogP contribution in [0.4, 0.5) is 11.4 Å². The van der Waals surface area contributed by atoms with Gasteiger partial charge in [-0.3, -0.25) is 14.6 Å². The van der Waals surface area contributed by atoms with Gasteiger partial charge in [-0.15, -0.1) is 0 Å². The van der Waals surface area contributed by atoms with Crippen LogP contribution in [0.3, 0.4) is 0 Å². The normalized spacial score (nSPS) is 18.4. The second-order valence-electron chi connectivity index (χ2n) is 7.83. The molecule has 156 valence electrons. The van der Waals surface area contributed by atoms with Crippen LogP contribution in [0.5, 0.6) is 0 Å². The third-order valence-corrected chi connectivity index (χ3v) is 6.05. The number of nitrogens with two attached hydrogens (primary N) is 2.